The molecule has 0 saturated carbocycles. The van der Waals surface area contributed by atoms with Crippen LogP contribution in [0.25, 0.3) is 10.9 Å². The third-order valence-corrected chi connectivity index (χ3v) is 5.31. The number of nitro groups is 1. The second kappa shape index (κ2) is 9.94. The summed E-state index contributed by atoms with van der Waals surface area (Å²) in [7, 11) is 1.28. The number of anilines is 1. The van der Waals surface area contributed by atoms with Crippen molar-refractivity contribution in [3.05, 3.63) is 46.5 Å². The van der Waals surface area contributed by atoms with Gasteiger partial charge in [-0.1, -0.05) is 0 Å². The van der Waals surface area contributed by atoms with E-state index in [4.69, 9.17) is 4.74 Å². The summed E-state index contributed by atoms with van der Waals surface area (Å²) in [6.07, 6.45) is 0. The first-order valence-corrected chi connectivity index (χ1v) is 10.3. The first-order chi connectivity index (χ1) is 15.0. The van der Waals surface area contributed by atoms with Crippen molar-refractivity contribution in [2.75, 3.05) is 31.7 Å². The van der Waals surface area contributed by atoms with Crippen molar-refractivity contribution in [3.63, 3.8) is 0 Å². The summed E-state index contributed by atoms with van der Waals surface area (Å²) < 4.78 is 14.5. The molecule has 162 valence electrons. The number of benzene rings is 2. The summed E-state index contributed by atoms with van der Waals surface area (Å²) in [6, 6.07) is 9.82. The molecule has 0 N–H and O–H groups in total. The maximum Gasteiger partial charge on any atom is 0.343 e. The van der Waals surface area contributed by atoms with Gasteiger partial charge in [0.25, 0.3) is 5.69 Å². The first kappa shape index (κ1) is 22.1. The minimum Gasteiger partial charge on any atom is -0.479 e. The van der Waals surface area contributed by atoms with Gasteiger partial charge in [0.1, 0.15) is 11.4 Å². The highest BCUT2D eigenvalue weighted by Gasteiger charge is 2.14. The normalized spacial score (nSPS) is 11.1. The van der Waals surface area contributed by atoms with E-state index in [2.05, 4.69) is 24.2 Å². The number of methoxy groups -OCH3 is 1. The highest BCUT2D eigenvalue weighted by atomic mass is 32.1. The smallest absolute Gasteiger partial charge is 0.343 e. The van der Waals surface area contributed by atoms with E-state index in [9.17, 15) is 14.9 Å². The van der Waals surface area contributed by atoms with Crippen LogP contribution < -0.4 is 9.64 Å². The van der Waals surface area contributed by atoms with Crippen LogP contribution in [0.3, 0.4) is 0 Å². The molecule has 0 saturated heterocycles. The van der Waals surface area contributed by atoms with Gasteiger partial charge in [0.05, 0.1) is 17.5 Å². The maximum atomic E-state index is 11.5. The molecule has 0 fully saturated rings. The summed E-state index contributed by atoms with van der Waals surface area (Å²) in [5.41, 5.74) is 1.88. The highest BCUT2D eigenvalue weighted by Crippen LogP contribution is 2.37. The molecule has 11 heteroatoms. The van der Waals surface area contributed by atoms with E-state index in [1.54, 1.807) is 18.2 Å². The molecule has 0 unspecified atom stereocenters. The zero-order valence-corrected chi connectivity index (χ0v) is 18.1. The number of nitro benzene ring substituents is 1. The van der Waals surface area contributed by atoms with Crippen LogP contribution in [0, 0.1) is 10.1 Å². The van der Waals surface area contributed by atoms with Crippen molar-refractivity contribution in [3.8, 4) is 5.75 Å². The number of ether oxygens (including phenoxy) is 2. The number of non-ortho nitro benzene ring substituents is 1. The molecule has 0 radical (unpaired) electrons. The molecule has 0 atom stereocenters. The quantitative estimate of drug-likeness (QED) is 0.197. The van der Waals surface area contributed by atoms with Gasteiger partial charge in [-0.25, -0.2) is 4.79 Å². The molecule has 1 heterocycles. The van der Waals surface area contributed by atoms with E-state index in [1.807, 2.05) is 19.9 Å². The Morgan fingerprint density at radius 3 is 2.65 bits per heavy atom. The van der Waals surface area contributed by atoms with Gasteiger partial charge in [-0.3, -0.25) is 10.1 Å². The molecule has 2 aromatic carbocycles. The van der Waals surface area contributed by atoms with Gasteiger partial charge in [-0.05, 0) is 43.6 Å². The van der Waals surface area contributed by atoms with Crippen LogP contribution in [0.15, 0.2) is 46.6 Å². The number of hydrogen-bond donors (Lipinski definition) is 0. The number of carbonyl (C=O) groups excluding carboxylic acids is 1. The lowest BCUT2D eigenvalue weighted by atomic mass is 10.2. The number of aromatic nitrogens is 1. The Morgan fingerprint density at radius 2 is 1.97 bits per heavy atom. The molecule has 1 aromatic heterocycles. The molecular weight excluding hydrogens is 422 g/mol. The zero-order valence-electron chi connectivity index (χ0n) is 17.3. The van der Waals surface area contributed by atoms with Gasteiger partial charge in [-0.2, -0.15) is 4.37 Å². The molecular formula is C20H21N5O5S. The predicted molar refractivity (Wildman–Crippen MR) is 118 cm³/mol. The fraction of sp³-hybridized carbons (Fsp3) is 0.300. The number of carbonyl (C=O) groups is 1. The predicted octanol–water partition coefficient (Wildman–Crippen LogP) is 5.02. The molecule has 0 bridgehead atoms. The Balaban J connectivity index is 1.96. The van der Waals surface area contributed by atoms with E-state index in [-0.39, 0.29) is 12.3 Å². The van der Waals surface area contributed by atoms with Crippen molar-refractivity contribution >= 4 is 50.5 Å². The van der Waals surface area contributed by atoms with Gasteiger partial charge in [0, 0.05) is 42.4 Å². The number of azo groups is 1. The van der Waals surface area contributed by atoms with Crippen molar-refractivity contribution in [2.45, 2.75) is 13.8 Å². The molecule has 0 amide bonds. The van der Waals surface area contributed by atoms with Crippen LogP contribution >= 0.6 is 11.5 Å². The summed E-state index contributed by atoms with van der Waals surface area (Å²) in [5.74, 6) is -0.143. The summed E-state index contributed by atoms with van der Waals surface area (Å²) in [4.78, 5) is 24.3. The van der Waals surface area contributed by atoms with E-state index >= 15 is 0 Å². The molecule has 3 aromatic rings. The van der Waals surface area contributed by atoms with Crippen LogP contribution in [-0.2, 0) is 9.53 Å². The summed E-state index contributed by atoms with van der Waals surface area (Å²) in [6.45, 7) is 5.43. The fourth-order valence-electron chi connectivity index (χ4n) is 2.88. The Labute approximate surface area is 182 Å². The van der Waals surface area contributed by atoms with E-state index in [0.717, 1.165) is 30.3 Å². The topological polar surface area (TPSA) is 120 Å². The summed E-state index contributed by atoms with van der Waals surface area (Å²) in [5, 5.41) is 20.5. The van der Waals surface area contributed by atoms with E-state index < -0.39 is 10.9 Å². The molecule has 31 heavy (non-hydrogen) atoms. The van der Waals surface area contributed by atoms with Crippen molar-refractivity contribution < 1.29 is 19.2 Å². The Hall–Kier alpha value is -3.60. The molecule has 0 aliphatic heterocycles. The van der Waals surface area contributed by atoms with Crippen molar-refractivity contribution in [1.82, 2.24) is 4.37 Å². The zero-order chi connectivity index (χ0) is 22.4. The first-order valence-electron chi connectivity index (χ1n) is 9.51. The van der Waals surface area contributed by atoms with Gasteiger partial charge in [-0.15, -0.1) is 10.2 Å². The maximum absolute atomic E-state index is 11.5. The van der Waals surface area contributed by atoms with Crippen molar-refractivity contribution in [1.29, 1.82) is 0 Å². The lowest BCUT2D eigenvalue weighted by Gasteiger charge is -2.22. The Bertz CT molecular complexity index is 1130. The third kappa shape index (κ3) is 5.12. The van der Waals surface area contributed by atoms with Crippen LogP contribution in [0.2, 0.25) is 0 Å². The minimum atomic E-state index is -0.517. The van der Waals surface area contributed by atoms with Gasteiger partial charge < -0.3 is 14.4 Å². The SMILES string of the molecule is CCN(CC)c1ccc(N=Nc2snc3ccc([N+](=O)[O-])cc23)c(OCC(=O)OC)c1. The number of nitrogens with zero attached hydrogens (tertiary/aromatic N) is 5. The standard InChI is InChI=1S/C20H21N5O5S/c1-4-24(5-2)13-6-9-17(18(11-13)30-12-19(26)29-3)21-22-20-15-10-14(25(27)28)7-8-16(15)23-31-20/h6-11H,4-5,12H2,1-3H3. The van der Waals surface area contributed by atoms with Crippen LogP contribution in [-0.4, -0.2) is 42.1 Å². The van der Waals surface area contributed by atoms with Gasteiger partial charge >= 0.3 is 5.97 Å². The van der Waals surface area contributed by atoms with Crippen LogP contribution in [0.5, 0.6) is 5.75 Å². The van der Waals surface area contributed by atoms with E-state index in [1.165, 1.54) is 19.2 Å². The van der Waals surface area contributed by atoms with E-state index in [0.29, 0.717) is 27.3 Å². The third-order valence-electron chi connectivity index (χ3n) is 4.55. The average molecular weight is 443 g/mol. The Morgan fingerprint density at radius 1 is 1.19 bits per heavy atom. The lowest BCUT2D eigenvalue weighted by molar-refractivity contribution is -0.384. The number of rotatable bonds is 9. The molecule has 0 aliphatic rings. The number of fused-ring (bicyclic) bond motifs is 1. The number of esters is 1. The molecule has 10 nitrogen and oxygen atoms in total. The second-order valence-electron chi connectivity index (χ2n) is 6.34. The van der Waals surface area contributed by atoms with Crippen LogP contribution in [0.4, 0.5) is 22.1 Å². The molecule has 0 aliphatic carbocycles. The highest BCUT2D eigenvalue weighted by molar-refractivity contribution is 7.11. The molecule has 0 spiro atoms. The fourth-order valence-corrected chi connectivity index (χ4v) is 3.57. The minimum absolute atomic E-state index is 0.0465. The van der Waals surface area contributed by atoms with Crippen molar-refractivity contribution in [2.24, 2.45) is 10.2 Å². The monoisotopic (exact) mass is 443 g/mol. The second-order valence-corrected chi connectivity index (χ2v) is 7.09. The molecule has 3 rings (SSSR count). The lowest BCUT2D eigenvalue weighted by Crippen LogP contribution is -2.21. The summed E-state index contributed by atoms with van der Waals surface area (Å²) >= 11 is 1.09. The number of hydrogen-bond acceptors (Lipinski definition) is 10. The van der Waals surface area contributed by atoms with Crippen LogP contribution in [0.1, 0.15) is 13.8 Å². The van der Waals surface area contributed by atoms with Gasteiger partial charge in [0.15, 0.2) is 11.6 Å². The van der Waals surface area contributed by atoms with Gasteiger partial charge in [0.2, 0.25) is 0 Å². The Kier molecular flexibility index (Phi) is 7.08. The average Bonchev–Trinajstić information content (AvgIpc) is 3.19. The largest absolute Gasteiger partial charge is 0.479 e.